The molecule has 1 aliphatic heterocycles. The molecule has 1 N–H and O–H groups in total. The number of nitrogens with one attached hydrogen (secondary N) is 1. The Bertz CT molecular complexity index is 1500. The highest BCUT2D eigenvalue weighted by atomic mass is 32.2. The summed E-state index contributed by atoms with van der Waals surface area (Å²) < 4.78 is 17.4. The molecule has 4 aromatic rings. The normalized spacial score (nSPS) is 16.8. The highest BCUT2D eigenvalue weighted by molar-refractivity contribution is 8.15. The van der Waals surface area contributed by atoms with E-state index in [9.17, 15) is 9.59 Å². The molecular formula is C32H31NO5S. The number of hydrogen-bond acceptors (Lipinski definition) is 6. The molecule has 1 fully saturated rings. The summed E-state index contributed by atoms with van der Waals surface area (Å²) in [5, 5.41) is 4.25. The van der Waals surface area contributed by atoms with Gasteiger partial charge in [0.1, 0.15) is 27.7 Å². The largest absolute Gasteiger partial charge is 0.493 e. The van der Waals surface area contributed by atoms with Crippen molar-refractivity contribution in [2.24, 2.45) is 0 Å². The lowest BCUT2D eigenvalue weighted by molar-refractivity contribution is -0.121. The summed E-state index contributed by atoms with van der Waals surface area (Å²) in [7, 11) is 0. The van der Waals surface area contributed by atoms with Crippen LogP contribution in [0, 0.1) is 0 Å². The van der Waals surface area contributed by atoms with E-state index in [1.54, 1.807) is 6.92 Å². The van der Waals surface area contributed by atoms with E-state index >= 15 is 0 Å². The molecule has 1 atom stereocenters. The number of hydrogen-bond donors (Lipinski definition) is 1. The fourth-order valence-electron chi connectivity index (χ4n) is 4.61. The Morgan fingerprint density at radius 3 is 2.44 bits per heavy atom. The Balaban J connectivity index is 1.17. The Hall–Kier alpha value is -3.97. The summed E-state index contributed by atoms with van der Waals surface area (Å²) in [6.45, 7) is 4.86. The fourth-order valence-corrected chi connectivity index (χ4v) is 5.51. The maximum atomic E-state index is 12.3. The predicted octanol–water partition coefficient (Wildman–Crippen LogP) is 7.63. The van der Waals surface area contributed by atoms with Crippen LogP contribution in [-0.2, 0) is 16.0 Å². The van der Waals surface area contributed by atoms with Gasteiger partial charge in [-0.1, -0.05) is 61.9 Å². The van der Waals surface area contributed by atoms with Gasteiger partial charge < -0.3 is 14.2 Å². The van der Waals surface area contributed by atoms with Crippen LogP contribution >= 0.6 is 11.8 Å². The zero-order valence-electron chi connectivity index (χ0n) is 22.1. The lowest BCUT2D eigenvalue weighted by atomic mass is 9.99. The van der Waals surface area contributed by atoms with Gasteiger partial charge >= 0.3 is 0 Å². The molecule has 4 aromatic carbocycles. The number of imide groups is 1. The zero-order valence-corrected chi connectivity index (χ0v) is 22.9. The van der Waals surface area contributed by atoms with Gasteiger partial charge in [-0.25, -0.2) is 0 Å². The monoisotopic (exact) mass is 541 g/mol. The number of thioether (sulfide) groups is 1. The van der Waals surface area contributed by atoms with Crippen LogP contribution in [0.4, 0.5) is 4.79 Å². The molecule has 0 radical (unpaired) electrons. The Kier molecular flexibility index (Phi) is 8.07. The number of aryl methyl sites for hydroxylation is 1. The standard InChI is InChI=1S/C32H31NO5S/c1-3-9-23-20-26(38-29-15-6-11-22-10-4-5-14-27(22)29)16-17-28(23)37-19-8-18-36-25-13-7-12-24(21-25)32(2)30(34)33-31(35)39-32/h4-7,10-17,20-21H,3,8-9,18-19H2,1-2H3,(H,33,34,35). The van der Waals surface area contributed by atoms with Crippen LogP contribution in [-0.4, -0.2) is 24.4 Å². The molecule has 1 saturated heterocycles. The van der Waals surface area contributed by atoms with Crippen molar-refractivity contribution < 1.29 is 23.8 Å². The summed E-state index contributed by atoms with van der Waals surface area (Å²) in [6, 6.07) is 27.6. The first-order valence-electron chi connectivity index (χ1n) is 13.2. The molecule has 1 aliphatic rings. The van der Waals surface area contributed by atoms with Gasteiger partial charge in [-0.3, -0.25) is 14.9 Å². The van der Waals surface area contributed by atoms with Crippen LogP contribution in [0.15, 0.2) is 84.9 Å². The first-order chi connectivity index (χ1) is 19.0. The lowest BCUT2D eigenvalue weighted by Gasteiger charge is -2.19. The summed E-state index contributed by atoms with van der Waals surface area (Å²) in [6.07, 6.45) is 2.57. The number of carbonyl (C=O) groups is 2. The third-order valence-electron chi connectivity index (χ3n) is 6.67. The minimum atomic E-state index is -0.946. The number of fused-ring (bicyclic) bond motifs is 1. The second kappa shape index (κ2) is 11.8. The van der Waals surface area contributed by atoms with Crippen LogP contribution in [0.25, 0.3) is 10.8 Å². The lowest BCUT2D eigenvalue weighted by Crippen LogP contribution is -2.31. The van der Waals surface area contributed by atoms with E-state index in [-0.39, 0.29) is 11.1 Å². The van der Waals surface area contributed by atoms with Crippen molar-refractivity contribution in [3.8, 4) is 23.0 Å². The predicted molar refractivity (Wildman–Crippen MR) is 155 cm³/mol. The van der Waals surface area contributed by atoms with Crippen molar-refractivity contribution in [3.05, 3.63) is 96.1 Å². The van der Waals surface area contributed by atoms with Gasteiger partial charge in [0.05, 0.1) is 13.2 Å². The van der Waals surface area contributed by atoms with E-state index in [2.05, 4.69) is 36.5 Å². The van der Waals surface area contributed by atoms with Gasteiger partial charge in [-0.05, 0) is 78.0 Å². The van der Waals surface area contributed by atoms with E-state index in [1.807, 2.05) is 60.7 Å². The third kappa shape index (κ3) is 6.04. The first kappa shape index (κ1) is 26.6. The molecule has 39 heavy (non-hydrogen) atoms. The Morgan fingerprint density at radius 1 is 0.821 bits per heavy atom. The van der Waals surface area contributed by atoms with E-state index in [4.69, 9.17) is 14.2 Å². The molecule has 1 heterocycles. The highest BCUT2D eigenvalue weighted by Gasteiger charge is 2.45. The maximum absolute atomic E-state index is 12.3. The second-order valence-corrected chi connectivity index (χ2v) is 10.9. The van der Waals surface area contributed by atoms with Crippen molar-refractivity contribution >= 4 is 33.7 Å². The van der Waals surface area contributed by atoms with Crippen molar-refractivity contribution in [1.82, 2.24) is 5.32 Å². The molecule has 7 heteroatoms. The van der Waals surface area contributed by atoms with Crippen LogP contribution < -0.4 is 19.5 Å². The van der Waals surface area contributed by atoms with Gasteiger partial charge in [-0.15, -0.1) is 0 Å². The number of rotatable bonds is 11. The minimum absolute atomic E-state index is 0.306. The molecular weight excluding hydrogens is 510 g/mol. The average molecular weight is 542 g/mol. The number of ether oxygens (including phenoxy) is 3. The topological polar surface area (TPSA) is 73.9 Å². The number of benzene rings is 4. The van der Waals surface area contributed by atoms with Crippen molar-refractivity contribution in [2.45, 2.75) is 37.9 Å². The summed E-state index contributed by atoms with van der Waals surface area (Å²) in [5.41, 5.74) is 1.85. The smallest absolute Gasteiger partial charge is 0.287 e. The third-order valence-corrected chi connectivity index (χ3v) is 7.79. The number of carbonyl (C=O) groups excluding carboxylic acids is 2. The molecule has 2 amide bonds. The highest BCUT2D eigenvalue weighted by Crippen LogP contribution is 2.42. The fraction of sp³-hybridized carbons (Fsp3) is 0.250. The van der Waals surface area contributed by atoms with Crippen LogP contribution in [0.3, 0.4) is 0 Å². The molecule has 1 unspecified atom stereocenters. The molecule has 0 aliphatic carbocycles. The molecule has 0 bridgehead atoms. The summed E-state index contributed by atoms with van der Waals surface area (Å²) in [5.74, 6) is 2.82. The summed E-state index contributed by atoms with van der Waals surface area (Å²) >= 11 is 0.990. The Morgan fingerprint density at radius 2 is 1.62 bits per heavy atom. The van der Waals surface area contributed by atoms with Crippen LogP contribution in [0.5, 0.6) is 23.0 Å². The number of amides is 2. The maximum Gasteiger partial charge on any atom is 0.287 e. The second-order valence-electron chi connectivity index (χ2n) is 9.55. The van der Waals surface area contributed by atoms with E-state index in [1.165, 1.54) is 0 Å². The van der Waals surface area contributed by atoms with Gasteiger partial charge in [0.2, 0.25) is 5.91 Å². The van der Waals surface area contributed by atoms with Gasteiger partial charge in [0, 0.05) is 11.8 Å². The van der Waals surface area contributed by atoms with Crippen molar-refractivity contribution in [3.63, 3.8) is 0 Å². The molecule has 5 rings (SSSR count). The van der Waals surface area contributed by atoms with Gasteiger partial charge in [0.15, 0.2) is 0 Å². The van der Waals surface area contributed by atoms with Gasteiger partial charge in [0.25, 0.3) is 5.24 Å². The molecule has 200 valence electrons. The molecule has 0 saturated carbocycles. The average Bonchev–Trinajstić information content (AvgIpc) is 3.21. The van der Waals surface area contributed by atoms with Crippen molar-refractivity contribution in [1.29, 1.82) is 0 Å². The van der Waals surface area contributed by atoms with Crippen molar-refractivity contribution in [2.75, 3.05) is 13.2 Å². The summed E-state index contributed by atoms with van der Waals surface area (Å²) in [4.78, 5) is 24.0. The molecule has 6 nitrogen and oxygen atoms in total. The van der Waals surface area contributed by atoms with E-state index in [0.29, 0.717) is 25.4 Å². The Labute approximate surface area is 232 Å². The van der Waals surface area contributed by atoms with Crippen LogP contribution in [0.1, 0.15) is 37.8 Å². The zero-order chi connectivity index (χ0) is 27.2. The van der Waals surface area contributed by atoms with Gasteiger partial charge in [-0.2, -0.15) is 0 Å². The minimum Gasteiger partial charge on any atom is -0.493 e. The molecule has 0 aromatic heterocycles. The SMILES string of the molecule is CCCc1cc(Oc2cccc3ccccc23)ccc1OCCCOc1cccc(C2(C)SC(=O)NC2=O)c1. The molecule has 0 spiro atoms. The quantitative estimate of drug-likeness (QED) is 0.197. The first-order valence-corrected chi connectivity index (χ1v) is 14.0. The van der Waals surface area contributed by atoms with E-state index < -0.39 is 4.75 Å². The van der Waals surface area contributed by atoms with E-state index in [0.717, 1.165) is 63.8 Å². The van der Waals surface area contributed by atoms with Crippen LogP contribution in [0.2, 0.25) is 0 Å².